The normalized spacial score (nSPS) is 8.18. The van der Waals surface area contributed by atoms with Gasteiger partial charge in [-0.05, 0) is 0 Å². The maximum atomic E-state index is 8.57. The second-order valence-electron chi connectivity index (χ2n) is 1.76. The molecule has 1 rings (SSSR count). The molecular formula is C7H2N3Se. The van der Waals surface area contributed by atoms with Crippen molar-refractivity contribution in [1.29, 1.82) is 10.5 Å². The monoisotopic (exact) mass is 208 g/mol. The predicted molar refractivity (Wildman–Crippen MR) is 39.1 cm³/mol. The molecule has 0 aromatic carbocycles. The first kappa shape index (κ1) is 7.75. The summed E-state index contributed by atoms with van der Waals surface area (Å²) in [4.78, 5) is 3.83. The number of hydrogen-bond donors (Lipinski definition) is 0. The van der Waals surface area contributed by atoms with Gasteiger partial charge in [0.05, 0.1) is 0 Å². The van der Waals surface area contributed by atoms with Crippen LogP contribution >= 0.6 is 0 Å². The first-order valence-electron chi connectivity index (χ1n) is 2.76. The van der Waals surface area contributed by atoms with Gasteiger partial charge in [-0.25, -0.2) is 0 Å². The topological polar surface area (TPSA) is 60.5 Å². The Morgan fingerprint density at radius 3 is 2.55 bits per heavy atom. The molecule has 0 N–H and O–H groups in total. The number of nitrogens with zero attached hydrogens (tertiary/aromatic N) is 3. The molecule has 51 valence electrons. The van der Waals surface area contributed by atoms with Crippen LogP contribution in [0.15, 0.2) is 12.3 Å². The quantitative estimate of drug-likeness (QED) is 0.544. The molecule has 0 atom stereocenters. The molecule has 0 aliphatic rings. The van der Waals surface area contributed by atoms with Gasteiger partial charge in [-0.1, -0.05) is 0 Å². The van der Waals surface area contributed by atoms with Gasteiger partial charge in [0.1, 0.15) is 0 Å². The standard InChI is InChI=1S/C7H2N3Se/c8-3-5-1-2-10-7(11)6(5)4-9/h1-2H. The van der Waals surface area contributed by atoms with Gasteiger partial charge in [0.15, 0.2) is 0 Å². The van der Waals surface area contributed by atoms with Gasteiger partial charge in [0.2, 0.25) is 0 Å². The molecule has 3 nitrogen and oxygen atoms in total. The molecule has 0 saturated heterocycles. The fourth-order valence-corrected chi connectivity index (χ4v) is 1.10. The predicted octanol–water partition coefficient (Wildman–Crippen LogP) is -0.381. The van der Waals surface area contributed by atoms with Crippen molar-refractivity contribution in [2.75, 3.05) is 0 Å². The van der Waals surface area contributed by atoms with Gasteiger partial charge in [-0.3, -0.25) is 0 Å². The number of pyridine rings is 1. The van der Waals surface area contributed by atoms with Crippen LogP contribution in [0.1, 0.15) is 11.1 Å². The van der Waals surface area contributed by atoms with Gasteiger partial charge in [-0.15, -0.1) is 0 Å². The molecule has 0 bridgehead atoms. The van der Waals surface area contributed by atoms with Gasteiger partial charge in [0.25, 0.3) is 0 Å². The number of hydrogen-bond acceptors (Lipinski definition) is 3. The van der Waals surface area contributed by atoms with E-state index in [2.05, 4.69) is 21.0 Å². The fraction of sp³-hybridized carbons (Fsp3) is 0. The minimum atomic E-state index is 0.315. The van der Waals surface area contributed by atoms with Crippen molar-refractivity contribution in [2.45, 2.75) is 0 Å². The molecule has 0 amide bonds. The Labute approximate surface area is 72.1 Å². The molecule has 11 heavy (non-hydrogen) atoms. The van der Waals surface area contributed by atoms with Crippen molar-refractivity contribution >= 4 is 20.6 Å². The van der Waals surface area contributed by atoms with Gasteiger partial charge in [-0.2, -0.15) is 0 Å². The SMILES string of the molecule is N#Cc1ccnc([Se])c1C#N. The second kappa shape index (κ2) is 3.16. The summed E-state index contributed by atoms with van der Waals surface area (Å²) in [5.74, 6) is 0. The summed E-state index contributed by atoms with van der Waals surface area (Å²) in [6.07, 6.45) is 1.49. The van der Waals surface area contributed by atoms with Gasteiger partial charge >= 0.3 is 71.6 Å². The van der Waals surface area contributed by atoms with E-state index < -0.39 is 0 Å². The second-order valence-corrected chi connectivity index (χ2v) is 2.57. The zero-order valence-corrected chi connectivity index (χ0v) is 7.12. The number of nitriles is 2. The summed E-state index contributed by atoms with van der Waals surface area (Å²) in [5, 5.41) is 17.1. The molecule has 0 spiro atoms. The Hall–Kier alpha value is -1.35. The summed E-state index contributed by atoms with van der Waals surface area (Å²) >= 11 is 2.61. The van der Waals surface area contributed by atoms with E-state index in [1.165, 1.54) is 12.3 Å². The third-order valence-electron chi connectivity index (χ3n) is 1.15. The summed E-state index contributed by atoms with van der Waals surface area (Å²) < 4.78 is 0.478. The Balaban J connectivity index is 3.42. The van der Waals surface area contributed by atoms with E-state index in [0.29, 0.717) is 15.7 Å². The molecule has 1 aromatic rings. The maximum absolute atomic E-state index is 8.57. The van der Waals surface area contributed by atoms with Gasteiger partial charge < -0.3 is 0 Å². The van der Waals surface area contributed by atoms with Crippen molar-refractivity contribution in [2.24, 2.45) is 0 Å². The first-order chi connectivity index (χ1) is 5.29. The van der Waals surface area contributed by atoms with Crippen molar-refractivity contribution in [1.82, 2.24) is 4.98 Å². The number of aromatic nitrogens is 1. The van der Waals surface area contributed by atoms with E-state index in [1.807, 2.05) is 12.1 Å². The molecule has 4 heteroatoms. The van der Waals surface area contributed by atoms with Crippen LogP contribution in [-0.4, -0.2) is 21.0 Å². The Bertz CT molecular complexity index is 359. The molecular weight excluding hydrogens is 205 g/mol. The van der Waals surface area contributed by atoms with Crippen LogP contribution in [0.25, 0.3) is 0 Å². The molecule has 0 aliphatic heterocycles. The Kier molecular flexibility index (Phi) is 2.23. The molecule has 0 fully saturated rings. The van der Waals surface area contributed by atoms with Crippen molar-refractivity contribution in [3.05, 3.63) is 23.4 Å². The zero-order chi connectivity index (χ0) is 8.27. The Morgan fingerprint density at radius 2 is 2.09 bits per heavy atom. The van der Waals surface area contributed by atoms with E-state index >= 15 is 0 Å². The van der Waals surface area contributed by atoms with Crippen molar-refractivity contribution in [3.63, 3.8) is 0 Å². The molecule has 1 heterocycles. The van der Waals surface area contributed by atoms with E-state index in [0.717, 1.165) is 0 Å². The van der Waals surface area contributed by atoms with Crippen LogP contribution < -0.4 is 4.59 Å². The van der Waals surface area contributed by atoms with E-state index in [-0.39, 0.29) is 0 Å². The van der Waals surface area contributed by atoms with Crippen LogP contribution in [0.3, 0.4) is 0 Å². The van der Waals surface area contributed by atoms with Crippen LogP contribution in [-0.2, 0) is 0 Å². The molecule has 0 unspecified atom stereocenters. The summed E-state index contributed by atoms with van der Waals surface area (Å²) in [6, 6.07) is 5.32. The summed E-state index contributed by atoms with van der Waals surface area (Å²) in [6.45, 7) is 0. The third-order valence-corrected chi connectivity index (χ3v) is 1.80. The van der Waals surface area contributed by atoms with Gasteiger partial charge in [0, 0.05) is 0 Å². The van der Waals surface area contributed by atoms with Crippen LogP contribution in [0.4, 0.5) is 0 Å². The van der Waals surface area contributed by atoms with E-state index in [4.69, 9.17) is 10.5 Å². The van der Waals surface area contributed by atoms with Crippen LogP contribution in [0.5, 0.6) is 0 Å². The molecule has 1 aromatic heterocycles. The van der Waals surface area contributed by atoms with E-state index in [9.17, 15) is 0 Å². The van der Waals surface area contributed by atoms with Crippen LogP contribution in [0, 0.1) is 22.7 Å². The average molecular weight is 207 g/mol. The van der Waals surface area contributed by atoms with Crippen LogP contribution in [0.2, 0.25) is 0 Å². The zero-order valence-electron chi connectivity index (χ0n) is 5.40. The Morgan fingerprint density at radius 1 is 1.36 bits per heavy atom. The minimum absolute atomic E-state index is 0.315. The van der Waals surface area contributed by atoms with Crippen molar-refractivity contribution < 1.29 is 0 Å². The average Bonchev–Trinajstić information content (AvgIpc) is 2.04. The fourth-order valence-electron chi connectivity index (χ4n) is 0.644. The summed E-state index contributed by atoms with van der Waals surface area (Å²) in [7, 11) is 0. The molecule has 1 radical (unpaired) electrons. The summed E-state index contributed by atoms with van der Waals surface area (Å²) in [5.41, 5.74) is 0.672. The first-order valence-corrected chi connectivity index (χ1v) is 3.61. The molecule has 0 aliphatic carbocycles. The van der Waals surface area contributed by atoms with E-state index in [1.54, 1.807) is 0 Å². The molecule has 0 saturated carbocycles. The number of rotatable bonds is 0. The third kappa shape index (κ3) is 1.38. The van der Waals surface area contributed by atoms with Crippen molar-refractivity contribution in [3.8, 4) is 12.1 Å².